The van der Waals surface area contributed by atoms with Crippen molar-refractivity contribution in [3.8, 4) is 0 Å². The van der Waals surface area contributed by atoms with Crippen molar-refractivity contribution < 1.29 is 4.79 Å². The molecular formula is C15H10N4O3. The van der Waals surface area contributed by atoms with Crippen molar-refractivity contribution in [3.05, 3.63) is 74.6 Å². The number of nitrogens with one attached hydrogen (secondary N) is 2. The number of carbonyl (C=O) groups is 1. The second-order valence-electron chi connectivity index (χ2n) is 4.47. The SMILES string of the molecule is O=C(NN=c1c(=O)c2ccncc2c1=O)Nc1ccccc1. The van der Waals surface area contributed by atoms with Gasteiger partial charge in [-0.3, -0.25) is 14.6 Å². The van der Waals surface area contributed by atoms with Gasteiger partial charge in [-0.05, 0) is 18.2 Å². The number of benzene rings is 1. The highest BCUT2D eigenvalue weighted by Gasteiger charge is 2.10. The van der Waals surface area contributed by atoms with Crippen LogP contribution in [0.25, 0.3) is 10.8 Å². The minimum absolute atomic E-state index is 0.191. The fraction of sp³-hybridized carbons (Fsp3) is 0. The first-order chi connectivity index (χ1) is 10.7. The maximum Gasteiger partial charge on any atom is 0.339 e. The zero-order valence-corrected chi connectivity index (χ0v) is 11.2. The van der Waals surface area contributed by atoms with Crippen molar-refractivity contribution in [2.24, 2.45) is 5.10 Å². The predicted molar refractivity (Wildman–Crippen MR) is 80.8 cm³/mol. The Balaban J connectivity index is 1.89. The summed E-state index contributed by atoms with van der Waals surface area (Å²) >= 11 is 0. The van der Waals surface area contributed by atoms with E-state index in [-0.39, 0.29) is 16.1 Å². The highest BCUT2D eigenvalue weighted by atomic mass is 16.2. The first-order valence-corrected chi connectivity index (χ1v) is 6.40. The number of urea groups is 1. The van der Waals surface area contributed by atoms with Crippen LogP contribution in [0.4, 0.5) is 10.5 Å². The van der Waals surface area contributed by atoms with Gasteiger partial charge < -0.3 is 5.32 Å². The molecule has 0 saturated heterocycles. The van der Waals surface area contributed by atoms with E-state index in [0.29, 0.717) is 5.69 Å². The molecule has 22 heavy (non-hydrogen) atoms. The molecular weight excluding hydrogens is 284 g/mol. The number of aromatic nitrogens is 1. The molecule has 2 aromatic carbocycles. The Bertz CT molecular complexity index is 939. The predicted octanol–water partition coefficient (Wildman–Crippen LogP) is 0.468. The van der Waals surface area contributed by atoms with Gasteiger partial charge in [0.25, 0.3) is 0 Å². The monoisotopic (exact) mass is 294 g/mol. The lowest BCUT2D eigenvalue weighted by molar-refractivity contribution is 0.252. The standard InChI is InChI=1S/C15H10N4O3/c20-13-10-6-7-16-8-11(10)14(21)12(13)18-19-15(22)17-9-4-2-1-3-5-9/h1-8H,(H2,17,19,22). The molecule has 2 amide bonds. The minimum atomic E-state index is -0.645. The molecule has 3 rings (SSSR count). The van der Waals surface area contributed by atoms with Crippen LogP contribution >= 0.6 is 0 Å². The van der Waals surface area contributed by atoms with Crippen LogP contribution < -0.4 is 27.0 Å². The second-order valence-corrected chi connectivity index (χ2v) is 4.47. The lowest BCUT2D eigenvalue weighted by atomic mass is 10.3. The van der Waals surface area contributed by atoms with Gasteiger partial charge in [-0.1, -0.05) is 18.2 Å². The summed E-state index contributed by atoms with van der Waals surface area (Å²) in [6, 6.07) is 9.52. The van der Waals surface area contributed by atoms with E-state index in [1.54, 1.807) is 24.3 Å². The molecule has 0 spiro atoms. The van der Waals surface area contributed by atoms with Crippen LogP contribution in [0.5, 0.6) is 0 Å². The van der Waals surface area contributed by atoms with Crippen molar-refractivity contribution in [3.63, 3.8) is 0 Å². The van der Waals surface area contributed by atoms with Crippen molar-refractivity contribution in [1.29, 1.82) is 0 Å². The van der Waals surface area contributed by atoms with E-state index in [1.807, 2.05) is 6.07 Å². The fourth-order valence-electron chi connectivity index (χ4n) is 2.02. The van der Waals surface area contributed by atoms with Crippen LogP contribution in [0.3, 0.4) is 0 Å². The summed E-state index contributed by atoms with van der Waals surface area (Å²) in [5, 5.41) is 6.25. The molecule has 7 heteroatoms. The van der Waals surface area contributed by atoms with Crippen LogP contribution in [-0.2, 0) is 0 Å². The Hall–Kier alpha value is -3.35. The number of nitrogens with zero attached hydrogens (tertiary/aromatic N) is 2. The molecule has 1 heterocycles. The Morgan fingerprint density at radius 1 is 1.00 bits per heavy atom. The molecule has 3 aromatic rings. The fourth-order valence-corrected chi connectivity index (χ4v) is 2.02. The zero-order valence-electron chi connectivity index (χ0n) is 11.2. The Labute approximate surface area is 123 Å². The molecule has 7 nitrogen and oxygen atoms in total. The molecule has 0 saturated carbocycles. The molecule has 108 valence electrons. The van der Waals surface area contributed by atoms with Gasteiger partial charge in [0.05, 0.1) is 5.39 Å². The van der Waals surface area contributed by atoms with E-state index in [9.17, 15) is 14.4 Å². The van der Waals surface area contributed by atoms with Crippen LogP contribution in [0.15, 0.2) is 63.5 Å². The molecule has 0 aliphatic carbocycles. The van der Waals surface area contributed by atoms with E-state index >= 15 is 0 Å². The van der Waals surface area contributed by atoms with Crippen LogP contribution in [0.2, 0.25) is 0 Å². The third-order valence-corrected chi connectivity index (χ3v) is 3.04. The average Bonchev–Trinajstić information content (AvgIpc) is 2.78. The summed E-state index contributed by atoms with van der Waals surface area (Å²) in [7, 11) is 0. The zero-order chi connectivity index (χ0) is 15.5. The Morgan fingerprint density at radius 2 is 1.73 bits per heavy atom. The summed E-state index contributed by atoms with van der Waals surface area (Å²) in [5.41, 5.74) is 1.64. The highest BCUT2D eigenvalue weighted by molar-refractivity contribution is 5.89. The molecule has 0 radical (unpaired) electrons. The van der Waals surface area contributed by atoms with Crippen molar-refractivity contribution in [1.82, 2.24) is 10.4 Å². The van der Waals surface area contributed by atoms with E-state index in [0.717, 1.165) is 0 Å². The topological polar surface area (TPSA) is 101 Å². The summed E-state index contributed by atoms with van der Waals surface area (Å²) in [6.45, 7) is 0. The molecule has 0 aliphatic rings. The van der Waals surface area contributed by atoms with E-state index < -0.39 is 16.9 Å². The number of amides is 2. The largest absolute Gasteiger partial charge is 0.339 e. The van der Waals surface area contributed by atoms with Crippen LogP contribution in [-0.4, -0.2) is 11.0 Å². The van der Waals surface area contributed by atoms with E-state index in [1.165, 1.54) is 18.5 Å². The maximum absolute atomic E-state index is 12.0. The second kappa shape index (κ2) is 5.57. The maximum atomic E-state index is 12.0. The van der Waals surface area contributed by atoms with Crippen molar-refractivity contribution >= 4 is 22.5 Å². The third kappa shape index (κ3) is 2.47. The number of hydrogen-bond donors (Lipinski definition) is 2. The molecule has 0 aliphatic heterocycles. The Morgan fingerprint density at radius 3 is 2.45 bits per heavy atom. The van der Waals surface area contributed by atoms with Gasteiger partial charge in [-0.2, -0.15) is 5.10 Å². The third-order valence-electron chi connectivity index (χ3n) is 3.04. The van der Waals surface area contributed by atoms with E-state index in [2.05, 4.69) is 20.8 Å². The van der Waals surface area contributed by atoms with Crippen LogP contribution in [0.1, 0.15) is 0 Å². The lowest BCUT2D eigenvalue weighted by Crippen LogP contribution is -2.36. The average molecular weight is 294 g/mol. The Kier molecular flexibility index (Phi) is 3.45. The van der Waals surface area contributed by atoms with Gasteiger partial charge in [0.2, 0.25) is 10.9 Å². The minimum Gasteiger partial charge on any atom is -0.307 e. The number of pyridine rings is 1. The van der Waals surface area contributed by atoms with Gasteiger partial charge in [0.1, 0.15) is 0 Å². The summed E-state index contributed by atoms with van der Waals surface area (Å²) in [6.07, 6.45) is 2.73. The number of para-hydroxylation sites is 1. The van der Waals surface area contributed by atoms with Crippen molar-refractivity contribution in [2.75, 3.05) is 5.32 Å². The normalized spacial score (nSPS) is 11.5. The summed E-state index contributed by atoms with van der Waals surface area (Å²) in [4.78, 5) is 39.5. The quantitative estimate of drug-likeness (QED) is 0.671. The smallest absolute Gasteiger partial charge is 0.307 e. The van der Waals surface area contributed by atoms with Gasteiger partial charge in [0, 0.05) is 23.5 Å². The molecule has 0 unspecified atom stereocenters. The molecule has 0 fully saturated rings. The summed E-state index contributed by atoms with van der Waals surface area (Å²) < 4.78 is 0. The number of fused-ring (bicyclic) bond motifs is 1. The van der Waals surface area contributed by atoms with Gasteiger partial charge >= 0.3 is 6.03 Å². The number of anilines is 1. The van der Waals surface area contributed by atoms with Gasteiger partial charge in [0.15, 0.2) is 5.36 Å². The number of rotatable bonds is 2. The first kappa shape index (κ1) is 13.6. The van der Waals surface area contributed by atoms with Gasteiger partial charge in [-0.15, -0.1) is 0 Å². The van der Waals surface area contributed by atoms with E-state index in [4.69, 9.17) is 0 Å². The van der Waals surface area contributed by atoms with Crippen LogP contribution in [0, 0.1) is 0 Å². The van der Waals surface area contributed by atoms with Crippen molar-refractivity contribution in [2.45, 2.75) is 0 Å². The molecule has 2 N–H and O–H groups in total. The summed E-state index contributed by atoms with van der Waals surface area (Å²) in [5.74, 6) is 0. The molecule has 1 aromatic heterocycles. The lowest BCUT2D eigenvalue weighted by Gasteiger charge is -2.02. The molecule has 0 bridgehead atoms. The number of hydrogen-bond acceptors (Lipinski definition) is 5. The van der Waals surface area contributed by atoms with Gasteiger partial charge in [-0.25, -0.2) is 10.2 Å². The molecule has 0 atom stereocenters. The highest BCUT2D eigenvalue weighted by Crippen LogP contribution is 2.04. The first-order valence-electron chi connectivity index (χ1n) is 6.40. The number of carbonyl (C=O) groups excluding carboxylic acids is 1.